The Hall–Kier alpha value is -1.91. The van der Waals surface area contributed by atoms with Gasteiger partial charge in [0, 0.05) is 12.2 Å². The lowest BCUT2D eigenvalue weighted by molar-refractivity contribution is -0.141. The van der Waals surface area contributed by atoms with Crippen molar-refractivity contribution in [2.45, 2.75) is 32.7 Å². The summed E-state index contributed by atoms with van der Waals surface area (Å²) in [5, 5.41) is 9.08. The number of carbonyl (C=O) groups excluding carboxylic acids is 1. The summed E-state index contributed by atoms with van der Waals surface area (Å²) in [5.41, 5.74) is 1.99. The van der Waals surface area contributed by atoms with Crippen molar-refractivity contribution in [3.05, 3.63) is 29.1 Å². The van der Waals surface area contributed by atoms with Crippen molar-refractivity contribution in [1.82, 2.24) is 9.88 Å². The van der Waals surface area contributed by atoms with Crippen LogP contribution < -0.4 is 0 Å². The minimum absolute atomic E-state index is 0.232. The predicted octanol–water partition coefficient (Wildman–Crippen LogP) is 1.39. The van der Waals surface area contributed by atoms with Crippen LogP contribution in [0.3, 0.4) is 0 Å². The van der Waals surface area contributed by atoms with Gasteiger partial charge in [0.25, 0.3) is 5.91 Å². The number of amides is 1. The van der Waals surface area contributed by atoms with Crippen LogP contribution in [-0.4, -0.2) is 39.5 Å². The number of aliphatic carboxylic acids is 1. The Morgan fingerprint density at radius 3 is 2.72 bits per heavy atom. The smallest absolute Gasteiger partial charge is 0.326 e. The molecule has 2 rings (SSSR count). The maximum Gasteiger partial charge on any atom is 0.326 e. The van der Waals surface area contributed by atoms with Gasteiger partial charge in [-0.1, -0.05) is 0 Å². The van der Waals surface area contributed by atoms with Gasteiger partial charge in [0.15, 0.2) is 0 Å². The molecule has 0 radical (unpaired) electrons. The lowest BCUT2D eigenvalue weighted by Gasteiger charge is -2.22. The van der Waals surface area contributed by atoms with Gasteiger partial charge in [-0.15, -0.1) is 0 Å². The third kappa shape index (κ3) is 2.20. The molecule has 96 valence electrons. The number of aryl methyl sites for hydroxylation is 2. The number of rotatable bonds is 2. The molecule has 1 N–H and O–H groups in total. The minimum Gasteiger partial charge on any atom is -0.480 e. The van der Waals surface area contributed by atoms with E-state index in [1.165, 1.54) is 4.90 Å². The Morgan fingerprint density at radius 2 is 2.11 bits per heavy atom. The monoisotopic (exact) mass is 248 g/mol. The van der Waals surface area contributed by atoms with Gasteiger partial charge in [-0.25, -0.2) is 4.79 Å². The highest BCUT2D eigenvalue weighted by Crippen LogP contribution is 2.21. The molecule has 1 aliphatic rings. The molecule has 1 saturated heterocycles. The molecular weight excluding hydrogens is 232 g/mol. The van der Waals surface area contributed by atoms with Gasteiger partial charge in [-0.05, 0) is 38.8 Å². The van der Waals surface area contributed by atoms with Crippen LogP contribution in [0, 0.1) is 13.8 Å². The maximum absolute atomic E-state index is 12.3. The summed E-state index contributed by atoms with van der Waals surface area (Å²) in [5.74, 6) is -1.16. The number of carbonyl (C=O) groups is 2. The zero-order valence-corrected chi connectivity index (χ0v) is 10.5. The van der Waals surface area contributed by atoms with E-state index >= 15 is 0 Å². The van der Waals surface area contributed by atoms with Gasteiger partial charge in [0.2, 0.25) is 0 Å². The van der Waals surface area contributed by atoms with Crippen molar-refractivity contribution in [2.24, 2.45) is 0 Å². The molecule has 18 heavy (non-hydrogen) atoms. The number of carboxylic acid groups (broad SMARTS) is 1. The van der Waals surface area contributed by atoms with Crippen LogP contribution >= 0.6 is 0 Å². The lowest BCUT2D eigenvalue weighted by atomic mass is 10.1. The van der Waals surface area contributed by atoms with E-state index < -0.39 is 12.0 Å². The molecule has 0 aromatic carbocycles. The zero-order valence-electron chi connectivity index (χ0n) is 10.5. The van der Waals surface area contributed by atoms with Crippen molar-refractivity contribution in [3.63, 3.8) is 0 Å². The first-order valence-corrected chi connectivity index (χ1v) is 5.98. The van der Waals surface area contributed by atoms with Crippen molar-refractivity contribution in [2.75, 3.05) is 6.54 Å². The van der Waals surface area contributed by atoms with Crippen molar-refractivity contribution in [1.29, 1.82) is 0 Å². The third-order valence-corrected chi connectivity index (χ3v) is 3.25. The molecule has 1 aromatic rings. The minimum atomic E-state index is -0.932. The molecular formula is C13H16N2O3. The lowest BCUT2D eigenvalue weighted by Crippen LogP contribution is -2.40. The highest BCUT2D eigenvalue weighted by atomic mass is 16.4. The Morgan fingerprint density at radius 1 is 1.39 bits per heavy atom. The summed E-state index contributed by atoms with van der Waals surface area (Å²) in [7, 11) is 0. The quantitative estimate of drug-likeness (QED) is 0.858. The molecule has 1 aliphatic heterocycles. The number of aromatic nitrogens is 1. The number of hydrogen-bond donors (Lipinski definition) is 1. The van der Waals surface area contributed by atoms with Gasteiger partial charge in [0.1, 0.15) is 6.04 Å². The molecule has 0 unspecified atom stereocenters. The van der Waals surface area contributed by atoms with E-state index in [4.69, 9.17) is 5.11 Å². The van der Waals surface area contributed by atoms with E-state index in [1.54, 1.807) is 19.1 Å². The fraction of sp³-hybridized carbons (Fsp3) is 0.462. The number of hydrogen-bond acceptors (Lipinski definition) is 3. The van der Waals surface area contributed by atoms with Crippen LogP contribution in [0.25, 0.3) is 0 Å². The standard InChI is InChI=1S/C13H16N2O3/c1-8-5-6-10(9(2)14-8)12(16)15-7-3-4-11(15)13(17)18/h5-6,11H,3-4,7H2,1-2H3,(H,17,18)/t11-/m0/s1. The van der Waals surface area contributed by atoms with E-state index in [1.807, 2.05) is 6.92 Å². The van der Waals surface area contributed by atoms with Gasteiger partial charge >= 0.3 is 5.97 Å². The van der Waals surface area contributed by atoms with Crippen LogP contribution in [0.1, 0.15) is 34.6 Å². The van der Waals surface area contributed by atoms with Crippen LogP contribution in [-0.2, 0) is 4.79 Å². The van der Waals surface area contributed by atoms with E-state index in [0.29, 0.717) is 24.2 Å². The van der Waals surface area contributed by atoms with E-state index in [9.17, 15) is 9.59 Å². The fourth-order valence-corrected chi connectivity index (χ4v) is 2.33. The molecule has 0 bridgehead atoms. The molecule has 0 saturated carbocycles. The van der Waals surface area contributed by atoms with Crippen LogP contribution in [0.5, 0.6) is 0 Å². The summed E-state index contributed by atoms with van der Waals surface area (Å²) in [6.07, 6.45) is 1.26. The van der Waals surface area contributed by atoms with Crippen molar-refractivity contribution >= 4 is 11.9 Å². The van der Waals surface area contributed by atoms with Gasteiger partial charge in [-0.3, -0.25) is 9.78 Å². The topological polar surface area (TPSA) is 70.5 Å². The fourth-order valence-electron chi connectivity index (χ4n) is 2.33. The molecule has 0 aliphatic carbocycles. The largest absolute Gasteiger partial charge is 0.480 e. The van der Waals surface area contributed by atoms with Crippen molar-refractivity contribution < 1.29 is 14.7 Å². The second kappa shape index (κ2) is 4.76. The normalized spacial score (nSPS) is 19.0. The second-order valence-electron chi connectivity index (χ2n) is 4.58. The van der Waals surface area contributed by atoms with Gasteiger partial charge < -0.3 is 10.0 Å². The van der Waals surface area contributed by atoms with Crippen molar-refractivity contribution in [3.8, 4) is 0 Å². The first-order valence-electron chi connectivity index (χ1n) is 5.98. The van der Waals surface area contributed by atoms with E-state index in [0.717, 1.165) is 12.1 Å². The number of likely N-dealkylation sites (tertiary alicyclic amines) is 1. The third-order valence-electron chi connectivity index (χ3n) is 3.25. The first-order chi connectivity index (χ1) is 8.50. The summed E-state index contributed by atoms with van der Waals surface area (Å²) in [4.78, 5) is 29.1. The molecule has 5 heteroatoms. The molecule has 1 fully saturated rings. The summed E-state index contributed by atoms with van der Waals surface area (Å²) in [6.45, 7) is 4.13. The van der Waals surface area contributed by atoms with E-state index in [-0.39, 0.29) is 5.91 Å². The average Bonchev–Trinajstić information content (AvgIpc) is 2.77. The average molecular weight is 248 g/mol. The first kappa shape index (κ1) is 12.5. The van der Waals surface area contributed by atoms with E-state index in [2.05, 4.69) is 4.98 Å². The van der Waals surface area contributed by atoms with Crippen LogP contribution in [0.2, 0.25) is 0 Å². The molecule has 2 heterocycles. The molecule has 1 atom stereocenters. The zero-order chi connectivity index (χ0) is 13.3. The maximum atomic E-state index is 12.3. The summed E-state index contributed by atoms with van der Waals surface area (Å²) < 4.78 is 0. The highest BCUT2D eigenvalue weighted by Gasteiger charge is 2.34. The van der Waals surface area contributed by atoms with Crippen LogP contribution in [0.4, 0.5) is 0 Å². The van der Waals surface area contributed by atoms with Gasteiger partial charge in [0.05, 0.1) is 11.3 Å². The Balaban J connectivity index is 2.28. The van der Waals surface area contributed by atoms with Gasteiger partial charge in [-0.2, -0.15) is 0 Å². The molecule has 1 aromatic heterocycles. The Kier molecular flexibility index (Phi) is 3.32. The number of pyridine rings is 1. The highest BCUT2D eigenvalue weighted by molar-refractivity contribution is 5.97. The summed E-state index contributed by atoms with van der Waals surface area (Å²) >= 11 is 0. The van der Waals surface area contributed by atoms with Crippen LogP contribution in [0.15, 0.2) is 12.1 Å². The predicted molar refractivity (Wildman–Crippen MR) is 65.4 cm³/mol. The Bertz CT molecular complexity index is 499. The Labute approximate surface area is 105 Å². The number of carboxylic acids is 1. The molecule has 1 amide bonds. The second-order valence-corrected chi connectivity index (χ2v) is 4.58. The molecule has 0 spiro atoms. The molecule has 5 nitrogen and oxygen atoms in total. The number of nitrogens with zero attached hydrogens (tertiary/aromatic N) is 2. The SMILES string of the molecule is Cc1ccc(C(=O)N2CCC[C@H]2C(=O)O)c(C)n1. The summed E-state index contributed by atoms with van der Waals surface area (Å²) in [6, 6.07) is 2.79.